The van der Waals surface area contributed by atoms with E-state index in [-0.39, 0.29) is 5.56 Å². The first-order chi connectivity index (χ1) is 11.5. The third-order valence-electron chi connectivity index (χ3n) is 4.24. The maximum atomic E-state index is 11.1. The number of nitrogen functional groups attached to an aromatic ring is 1. The second-order valence-corrected chi connectivity index (χ2v) is 5.73. The van der Waals surface area contributed by atoms with Crippen LogP contribution in [0.5, 0.6) is 5.75 Å². The summed E-state index contributed by atoms with van der Waals surface area (Å²) in [4.78, 5) is 11.1. The third-order valence-corrected chi connectivity index (χ3v) is 4.24. The number of methoxy groups -OCH3 is 1. The number of carboxylic acid groups (broad SMARTS) is 1. The second kappa shape index (κ2) is 6.28. The zero-order valence-corrected chi connectivity index (χ0v) is 13.7. The molecule has 0 amide bonds. The minimum Gasteiger partial charge on any atom is -0.496 e. The number of aryl methyl sites for hydroxylation is 1. The molecular formula is C19H20N2O3. The Bertz CT molecular complexity index is 912. The predicted octanol–water partition coefficient (Wildman–Crippen LogP) is 3.54. The average Bonchev–Trinajstić information content (AvgIpc) is 2.92. The molecule has 24 heavy (non-hydrogen) atoms. The quantitative estimate of drug-likeness (QED) is 0.704. The van der Waals surface area contributed by atoms with Crippen molar-refractivity contribution in [1.29, 1.82) is 0 Å². The number of benzene rings is 2. The van der Waals surface area contributed by atoms with E-state index in [4.69, 9.17) is 15.6 Å². The van der Waals surface area contributed by atoms with Gasteiger partial charge in [0.05, 0.1) is 12.7 Å². The number of carboxylic acids is 1. The number of aromatic carboxylic acids is 1. The van der Waals surface area contributed by atoms with Crippen LogP contribution < -0.4 is 10.5 Å². The van der Waals surface area contributed by atoms with E-state index >= 15 is 0 Å². The number of rotatable bonds is 5. The number of nitrogens with two attached hydrogens (primary N) is 1. The Kier molecular flexibility index (Phi) is 4.16. The number of fused-ring (bicyclic) bond motifs is 1. The first-order valence-corrected chi connectivity index (χ1v) is 7.81. The van der Waals surface area contributed by atoms with Crippen LogP contribution in [0.25, 0.3) is 10.9 Å². The van der Waals surface area contributed by atoms with Crippen LogP contribution in [0.4, 0.5) is 5.69 Å². The molecule has 0 unspecified atom stereocenters. The van der Waals surface area contributed by atoms with Gasteiger partial charge < -0.3 is 20.1 Å². The van der Waals surface area contributed by atoms with Gasteiger partial charge >= 0.3 is 5.97 Å². The maximum Gasteiger partial charge on any atom is 0.335 e. The predicted molar refractivity (Wildman–Crippen MR) is 94.8 cm³/mol. The lowest BCUT2D eigenvalue weighted by Crippen LogP contribution is -2.00. The molecule has 0 fully saturated rings. The van der Waals surface area contributed by atoms with Crippen LogP contribution in [0, 0.1) is 0 Å². The normalized spacial score (nSPS) is 10.9. The lowest BCUT2D eigenvalue weighted by Gasteiger charge is -2.09. The molecule has 0 saturated carbocycles. The highest BCUT2D eigenvalue weighted by Crippen LogP contribution is 2.29. The average molecular weight is 324 g/mol. The van der Waals surface area contributed by atoms with Crippen molar-refractivity contribution in [2.45, 2.75) is 19.9 Å². The van der Waals surface area contributed by atoms with E-state index in [0.717, 1.165) is 34.3 Å². The van der Waals surface area contributed by atoms with Gasteiger partial charge in [-0.05, 0) is 48.4 Å². The van der Waals surface area contributed by atoms with Crippen molar-refractivity contribution in [3.05, 3.63) is 59.3 Å². The molecule has 0 spiro atoms. The van der Waals surface area contributed by atoms with Crippen molar-refractivity contribution >= 4 is 22.6 Å². The molecule has 5 heteroatoms. The first kappa shape index (κ1) is 15.9. The van der Waals surface area contributed by atoms with Crippen LogP contribution in [-0.4, -0.2) is 22.8 Å². The van der Waals surface area contributed by atoms with Crippen molar-refractivity contribution in [2.75, 3.05) is 12.8 Å². The zero-order chi connectivity index (χ0) is 17.3. The van der Waals surface area contributed by atoms with Crippen molar-refractivity contribution < 1.29 is 14.6 Å². The van der Waals surface area contributed by atoms with Crippen LogP contribution >= 0.6 is 0 Å². The fourth-order valence-corrected chi connectivity index (χ4v) is 3.02. The van der Waals surface area contributed by atoms with Gasteiger partial charge in [0.25, 0.3) is 0 Å². The molecule has 0 radical (unpaired) electrons. The Morgan fingerprint density at radius 2 is 2.00 bits per heavy atom. The van der Waals surface area contributed by atoms with Crippen LogP contribution in [0.3, 0.4) is 0 Å². The van der Waals surface area contributed by atoms with Crippen molar-refractivity contribution in [1.82, 2.24) is 4.57 Å². The highest BCUT2D eigenvalue weighted by Gasteiger charge is 2.13. The molecule has 1 heterocycles. The Morgan fingerprint density at radius 1 is 1.21 bits per heavy atom. The van der Waals surface area contributed by atoms with Crippen molar-refractivity contribution in [3.8, 4) is 5.75 Å². The van der Waals surface area contributed by atoms with Gasteiger partial charge in [-0.1, -0.05) is 6.07 Å². The van der Waals surface area contributed by atoms with Gasteiger partial charge in [-0.25, -0.2) is 4.79 Å². The van der Waals surface area contributed by atoms with Gasteiger partial charge in [0.2, 0.25) is 0 Å². The summed E-state index contributed by atoms with van der Waals surface area (Å²) in [6.45, 7) is 2.97. The number of hydrogen-bond acceptors (Lipinski definition) is 3. The summed E-state index contributed by atoms with van der Waals surface area (Å²) in [5.74, 6) is -0.383. The Balaban J connectivity index is 2.07. The number of carbonyl (C=O) groups is 1. The van der Waals surface area contributed by atoms with Gasteiger partial charge in [0.1, 0.15) is 5.75 Å². The lowest BCUT2D eigenvalue weighted by molar-refractivity contribution is 0.0696. The Labute approximate surface area is 140 Å². The van der Waals surface area contributed by atoms with Crippen molar-refractivity contribution in [3.63, 3.8) is 0 Å². The summed E-state index contributed by atoms with van der Waals surface area (Å²) in [6.07, 6.45) is 2.77. The first-order valence-electron chi connectivity index (χ1n) is 7.81. The molecule has 0 aliphatic heterocycles. The van der Waals surface area contributed by atoms with E-state index in [2.05, 4.69) is 17.7 Å². The summed E-state index contributed by atoms with van der Waals surface area (Å²) in [6, 6.07) is 10.9. The zero-order valence-electron chi connectivity index (χ0n) is 13.7. The topological polar surface area (TPSA) is 77.5 Å². The molecular weight excluding hydrogens is 304 g/mol. The van der Waals surface area contributed by atoms with Gasteiger partial charge in [-0.15, -0.1) is 0 Å². The Hall–Kier alpha value is -2.95. The Morgan fingerprint density at radius 3 is 2.67 bits per heavy atom. The molecule has 3 N–H and O–H groups in total. The maximum absolute atomic E-state index is 11.1. The lowest BCUT2D eigenvalue weighted by atomic mass is 10.0. The summed E-state index contributed by atoms with van der Waals surface area (Å²) >= 11 is 0. The van der Waals surface area contributed by atoms with Gasteiger partial charge in [-0.3, -0.25) is 0 Å². The third kappa shape index (κ3) is 2.80. The minimum atomic E-state index is -0.963. The van der Waals surface area contributed by atoms with E-state index in [1.807, 2.05) is 24.3 Å². The number of ether oxygens (including phenoxy) is 1. The van der Waals surface area contributed by atoms with E-state index in [9.17, 15) is 4.79 Å². The van der Waals surface area contributed by atoms with Gasteiger partial charge in [0.15, 0.2) is 0 Å². The highest BCUT2D eigenvalue weighted by atomic mass is 16.5. The number of aromatic nitrogens is 1. The van der Waals surface area contributed by atoms with Crippen LogP contribution in [0.2, 0.25) is 0 Å². The molecule has 5 nitrogen and oxygen atoms in total. The molecule has 0 aliphatic rings. The highest BCUT2D eigenvalue weighted by molar-refractivity contribution is 5.89. The number of nitrogens with zero attached hydrogens (tertiary/aromatic N) is 1. The monoisotopic (exact) mass is 324 g/mol. The molecule has 124 valence electrons. The summed E-state index contributed by atoms with van der Waals surface area (Å²) < 4.78 is 7.57. The number of anilines is 1. The van der Waals surface area contributed by atoms with E-state index in [1.165, 1.54) is 0 Å². The molecule has 0 bridgehead atoms. The van der Waals surface area contributed by atoms with Crippen LogP contribution in [0.15, 0.2) is 42.6 Å². The minimum absolute atomic E-state index is 0.218. The molecule has 1 aromatic heterocycles. The van der Waals surface area contributed by atoms with Crippen LogP contribution in [0.1, 0.15) is 28.4 Å². The summed E-state index contributed by atoms with van der Waals surface area (Å²) in [5, 5.41) is 10.2. The molecule has 2 aromatic carbocycles. The van der Waals surface area contributed by atoms with Crippen molar-refractivity contribution in [2.24, 2.45) is 0 Å². The summed E-state index contributed by atoms with van der Waals surface area (Å²) in [7, 11) is 1.55. The molecule has 0 saturated heterocycles. The fraction of sp³-hybridized carbons (Fsp3) is 0.211. The molecule has 3 aromatic rings. The smallest absolute Gasteiger partial charge is 0.335 e. The SMILES string of the molecule is CCn1cc(Cc2ccc(C(=O)O)cc2OC)c2cc(N)ccc21. The van der Waals surface area contributed by atoms with Gasteiger partial charge in [0, 0.05) is 35.8 Å². The van der Waals surface area contributed by atoms with E-state index < -0.39 is 5.97 Å². The molecule has 0 aliphatic carbocycles. The van der Waals surface area contributed by atoms with Gasteiger partial charge in [-0.2, -0.15) is 0 Å². The number of hydrogen-bond donors (Lipinski definition) is 2. The summed E-state index contributed by atoms with van der Waals surface area (Å²) in [5.41, 5.74) is 10.1. The van der Waals surface area contributed by atoms with E-state index in [0.29, 0.717) is 12.2 Å². The largest absolute Gasteiger partial charge is 0.496 e. The van der Waals surface area contributed by atoms with Crippen LogP contribution in [-0.2, 0) is 13.0 Å². The fourth-order valence-electron chi connectivity index (χ4n) is 3.02. The molecule has 3 rings (SSSR count). The van der Waals surface area contributed by atoms with E-state index in [1.54, 1.807) is 19.2 Å². The second-order valence-electron chi connectivity index (χ2n) is 5.73. The standard InChI is InChI=1S/C19H20N2O3/c1-3-21-11-14(16-10-15(20)6-7-17(16)21)8-12-4-5-13(19(22)23)9-18(12)24-2/h4-7,9-11H,3,8,20H2,1-2H3,(H,22,23). The molecule has 0 atom stereocenters.